The van der Waals surface area contributed by atoms with E-state index in [1.807, 2.05) is 4.68 Å². The minimum absolute atomic E-state index is 0.0334. The highest BCUT2D eigenvalue weighted by molar-refractivity contribution is 7.89. The Morgan fingerprint density at radius 2 is 2.03 bits per heavy atom. The molecule has 1 fully saturated rings. The highest BCUT2D eigenvalue weighted by atomic mass is 32.2. The third kappa shape index (κ3) is 6.31. The van der Waals surface area contributed by atoms with Crippen molar-refractivity contribution < 1.29 is 27.6 Å². The van der Waals surface area contributed by atoms with Gasteiger partial charge in [0.05, 0.1) is 11.7 Å². The lowest BCUT2D eigenvalue weighted by atomic mass is 10.1. The normalized spacial score (nSPS) is 15.3. The number of amides is 1. The van der Waals surface area contributed by atoms with Gasteiger partial charge >= 0.3 is 5.97 Å². The maximum absolute atomic E-state index is 12.7. The summed E-state index contributed by atoms with van der Waals surface area (Å²) >= 11 is 0. The Hall–Kier alpha value is -3.37. The first kappa shape index (κ1) is 26.7. The molecule has 2 aromatic heterocycles. The molecule has 1 aliphatic rings. The molecule has 0 aliphatic carbocycles. The average molecular weight is 535 g/mol. The highest BCUT2D eigenvalue weighted by Crippen LogP contribution is 2.19. The second kappa shape index (κ2) is 11.4. The largest absolute Gasteiger partial charge is 0.480 e. The molecule has 1 unspecified atom stereocenters. The topological polar surface area (TPSA) is 193 Å². The molecule has 200 valence electrons. The fourth-order valence-corrected chi connectivity index (χ4v) is 5.63. The van der Waals surface area contributed by atoms with Gasteiger partial charge in [0.1, 0.15) is 22.9 Å². The van der Waals surface area contributed by atoms with Crippen molar-refractivity contribution in [3.8, 4) is 0 Å². The van der Waals surface area contributed by atoms with Gasteiger partial charge in [-0.3, -0.25) is 30.2 Å². The number of benzene rings is 1. The fourth-order valence-electron chi connectivity index (χ4n) is 4.11. The molecule has 0 bridgehead atoms. The van der Waals surface area contributed by atoms with Crippen molar-refractivity contribution in [1.82, 2.24) is 40.9 Å². The SMILES string of the molecule is Cc1noc(C)c1S(=O)(=O)NC(CNC(=O)c1ccc2c(cnn2CCCNC2NCCN2)c1)C(=O)O. The Balaban J connectivity index is 1.34. The molecule has 0 spiro atoms. The summed E-state index contributed by atoms with van der Waals surface area (Å²) in [5.41, 5.74) is 1.26. The van der Waals surface area contributed by atoms with Crippen molar-refractivity contribution >= 4 is 32.8 Å². The summed E-state index contributed by atoms with van der Waals surface area (Å²) in [5.74, 6) is -1.95. The molecule has 1 aliphatic heterocycles. The zero-order chi connectivity index (χ0) is 26.6. The molecule has 14 nitrogen and oxygen atoms in total. The van der Waals surface area contributed by atoms with Crippen LogP contribution >= 0.6 is 0 Å². The second-order valence-electron chi connectivity index (χ2n) is 8.67. The smallest absolute Gasteiger partial charge is 0.323 e. The molecule has 0 radical (unpaired) electrons. The lowest BCUT2D eigenvalue weighted by Crippen LogP contribution is -2.48. The van der Waals surface area contributed by atoms with Gasteiger partial charge in [0.15, 0.2) is 5.76 Å². The van der Waals surface area contributed by atoms with E-state index >= 15 is 0 Å². The standard InChI is InChI=1S/C22H30N8O6S/c1-13-19(14(2)36-28-13)37(34,35)29-17(21(32)33)12-26-20(31)15-4-5-18-16(10-15)11-27-30(18)9-3-6-23-22-24-7-8-25-22/h4-5,10-11,17,22-25,29H,3,6-9,12H2,1-2H3,(H,26,31)(H,32,33). The van der Waals surface area contributed by atoms with E-state index in [9.17, 15) is 23.1 Å². The van der Waals surface area contributed by atoms with Crippen LogP contribution in [0, 0.1) is 13.8 Å². The quantitative estimate of drug-likeness (QED) is 0.160. The third-order valence-electron chi connectivity index (χ3n) is 5.92. The predicted octanol–water partition coefficient (Wildman–Crippen LogP) is -0.741. The van der Waals surface area contributed by atoms with Crippen LogP contribution in [0.5, 0.6) is 0 Å². The maximum atomic E-state index is 12.7. The Morgan fingerprint density at radius 3 is 2.70 bits per heavy atom. The van der Waals surface area contributed by atoms with Crippen LogP contribution in [0.2, 0.25) is 0 Å². The molecule has 1 saturated heterocycles. The molecule has 0 saturated carbocycles. The number of carboxylic acid groups (broad SMARTS) is 1. The van der Waals surface area contributed by atoms with Gasteiger partial charge in [0.25, 0.3) is 5.91 Å². The number of nitrogens with zero attached hydrogens (tertiary/aromatic N) is 3. The van der Waals surface area contributed by atoms with Crippen LogP contribution in [0.25, 0.3) is 10.9 Å². The van der Waals surface area contributed by atoms with E-state index in [2.05, 4.69) is 36.2 Å². The molecule has 15 heteroatoms. The van der Waals surface area contributed by atoms with Crippen LogP contribution in [-0.4, -0.2) is 78.8 Å². The van der Waals surface area contributed by atoms with Crippen molar-refractivity contribution in [1.29, 1.82) is 0 Å². The molecular formula is C22H30N8O6S. The van der Waals surface area contributed by atoms with E-state index in [1.165, 1.54) is 13.8 Å². The molecule has 1 atom stereocenters. The zero-order valence-corrected chi connectivity index (χ0v) is 21.3. The van der Waals surface area contributed by atoms with Crippen molar-refractivity contribution in [2.24, 2.45) is 0 Å². The number of aryl methyl sites for hydroxylation is 3. The van der Waals surface area contributed by atoms with Crippen LogP contribution in [0.15, 0.2) is 33.8 Å². The molecule has 4 rings (SSSR count). The van der Waals surface area contributed by atoms with Gasteiger partial charge in [-0.1, -0.05) is 5.16 Å². The number of aromatic nitrogens is 3. The number of carbonyl (C=O) groups is 2. The van der Waals surface area contributed by atoms with Gasteiger partial charge in [0.2, 0.25) is 10.0 Å². The van der Waals surface area contributed by atoms with Crippen molar-refractivity contribution in [3.05, 3.63) is 41.4 Å². The lowest BCUT2D eigenvalue weighted by Gasteiger charge is -2.15. The summed E-state index contributed by atoms with van der Waals surface area (Å²) in [6.45, 7) is 5.75. The predicted molar refractivity (Wildman–Crippen MR) is 132 cm³/mol. The Kier molecular flexibility index (Phi) is 8.19. The average Bonchev–Trinajstić information content (AvgIpc) is 3.59. The van der Waals surface area contributed by atoms with Gasteiger partial charge < -0.3 is 14.9 Å². The van der Waals surface area contributed by atoms with Crippen LogP contribution in [0.3, 0.4) is 0 Å². The number of aliphatic carboxylic acids is 1. The first-order valence-electron chi connectivity index (χ1n) is 11.8. The first-order chi connectivity index (χ1) is 17.7. The molecular weight excluding hydrogens is 504 g/mol. The number of rotatable bonds is 12. The minimum atomic E-state index is -4.24. The summed E-state index contributed by atoms with van der Waals surface area (Å²) in [6, 6.07) is 3.45. The van der Waals surface area contributed by atoms with E-state index in [-0.39, 0.29) is 22.6 Å². The number of fused-ring (bicyclic) bond motifs is 1. The molecule has 3 heterocycles. The second-order valence-corrected chi connectivity index (χ2v) is 10.3. The van der Waals surface area contributed by atoms with Crippen LogP contribution in [-0.2, 0) is 21.4 Å². The summed E-state index contributed by atoms with van der Waals surface area (Å²) in [6.07, 6.45) is 2.65. The van der Waals surface area contributed by atoms with Crippen molar-refractivity contribution in [3.63, 3.8) is 0 Å². The molecule has 1 amide bonds. The Morgan fingerprint density at radius 1 is 1.27 bits per heavy atom. The van der Waals surface area contributed by atoms with Gasteiger partial charge in [0, 0.05) is 37.1 Å². The van der Waals surface area contributed by atoms with E-state index in [4.69, 9.17) is 4.52 Å². The van der Waals surface area contributed by atoms with Gasteiger partial charge in [-0.25, -0.2) is 8.42 Å². The molecule has 6 N–H and O–H groups in total. The molecule has 1 aromatic carbocycles. The lowest BCUT2D eigenvalue weighted by molar-refractivity contribution is -0.138. The number of hydrogen-bond donors (Lipinski definition) is 6. The highest BCUT2D eigenvalue weighted by Gasteiger charge is 2.30. The summed E-state index contributed by atoms with van der Waals surface area (Å²) < 4.78 is 34.1. The van der Waals surface area contributed by atoms with E-state index in [0.29, 0.717) is 12.1 Å². The van der Waals surface area contributed by atoms with Gasteiger partial charge in [-0.15, -0.1) is 0 Å². The third-order valence-corrected chi connectivity index (χ3v) is 7.64. The number of hydrogen-bond acceptors (Lipinski definition) is 10. The minimum Gasteiger partial charge on any atom is -0.480 e. The summed E-state index contributed by atoms with van der Waals surface area (Å²) in [5, 5.41) is 30.7. The van der Waals surface area contributed by atoms with Crippen LogP contribution in [0.1, 0.15) is 28.2 Å². The monoisotopic (exact) mass is 534 g/mol. The van der Waals surface area contributed by atoms with Crippen molar-refractivity contribution in [2.45, 2.75) is 44.0 Å². The van der Waals surface area contributed by atoms with Crippen LogP contribution in [0.4, 0.5) is 0 Å². The number of sulfonamides is 1. The maximum Gasteiger partial charge on any atom is 0.323 e. The Bertz CT molecular complexity index is 1360. The summed E-state index contributed by atoms with van der Waals surface area (Å²) in [4.78, 5) is 24.2. The number of carbonyl (C=O) groups excluding carboxylic acids is 1. The number of nitrogens with one attached hydrogen (secondary N) is 5. The molecule has 37 heavy (non-hydrogen) atoms. The summed E-state index contributed by atoms with van der Waals surface area (Å²) in [7, 11) is -4.24. The Labute approximate surface area is 213 Å². The van der Waals surface area contributed by atoms with E-state index in [0.717, 1.165) is 37.0 Å². The van der Waals surface area contributed by atoms with Crippen molar-refractivity contribution in [2.75, 3.05) is 26.2 Å². The number of carboxylic acids is 1. The van der Waals surface area contributed by atoms with Crippen LogP contribution < -0.4 is 26.0 Å². The van der Waals surface area contributed by atoms with Gasteiger partial charge in [-0.2, -0.15) is 9.82 Å². The zero-order valence-electron chi connectivity index (χ0n) is 20.4. The van der Waals surface area contributed by atoms with Gasteiger partial charge in [-0.05, 0) is 45.0 Å². The first-order valence-corrected chi connectivity index (χ1v) is 13.3. The molecule has 3 aromatic rings. The fraction of sp³-hybridized carbons (Fsp3) is 0.455. The van der Waals surface area contributed by atoms with E-state index < -0.39 is 34.5 Å². The van der Waals surface area contributed by atoms with E-state index in [1.54, 1.807) is 24.4 Å².